The van der Waals surface area contributed by atoms with Crippen LogP contribution in [0.25, 0.3) is 0 Å². The summed E-state index contributed by atoms with van der Waals surface area (Å²) in [6.07, 6.45) is 2.45. The Bertz CT molecular complexity index is 1250. The van der Waals surface area contributed by atoms with Crippen molar-refractivity contribution in [1.29, 1.82) is 0 Å². The molecule has 1 aromatic carbocycles. The summed E-state index contributed by atoms with van der Waals surface area (Å²) in [5.74, 6) is -0.395. The highest BCUT2D eigenvalue weighted by atomic mass is 32.1. The number of amides is 3. The number of nitrogens with one attached hydrogen (secondary N) is 1. The van der Waals surface area contributed by atoms with Gasteiger partial charge < -0.3 is 15.0 Å². The quantitative estimate of drug-likeness (QED) is 0.362. The van der Waals surface area contributed by atoms with Crippen LogP contribution in [0.4, 0.5) is 4.79 Å². The first-order valence-electron chi connectivity index (χ1n) is 13.9. The Labute approximate surface area is 241 Å². The summed E-state index contributed by atoms with van der Waals surface area (Å²) in [6, 6.07) is 10.9. The Kier molecular flexibility index (Phi) is 9.48. The van der Waals surface area contributed by atoms with E-state index in [4.69, 9.17) is 4.74 Å². The van der Waals surface area contributed by atoms with E-state index in [0.717, 1.165) is 23.4 Å². The Morgan fingerprint density at radius 2 is 1.88 bits per heavy atom. The highest BCUT2D eigenvalue weighted by Crippen LogP contribution is 2.33. The molecule has 0 aliphatic carbocycles. The molecule has 2 aliphatic heterocycles. The number of urea groups is 1. The van der Waals surface area contributed by atoms with Gasteiger partial charge in [0.2, 0.25) is 0 Å². The number of rotatable bonds is 8. The van der Waals surface area contributed by atoms with Crippen molar-refractivity contribution in [3.05, 3.63) is 81.7 Å². The number of ether oxygens (including phenoxy) is 1. The molecule has 3 heterocycles. The molecule has 40 heavy (non-hydrogen) atoms. The molecule has 9 heteroatoms. The van der Waals surface area contributed by atoms with Crippen molar-refractivity contribution in [2.75, 3.05) is 45.9 Å². The molecule has 3 amide bonds. The second-order valence-electron chi connectivity index (χ2n) is 11.1. The maximum atomic E-state index is 13.5. The number of esters is 1. The van der Waals surface area contributed by atoms with E-state index in [-0.39, 0.29) is 30.5 Å². The summed E-state index contributed by atoms with van der Waals surface area (Å²) in [6.45, 7) is 15.5. The Morgan fingerprint density at radius 3 is 2.50 bits per heavy atom. The van der Waals surface area contributed by atoms with Crippen molar-refractivity contribution in [1.82, 2.24) is 20.0 Å². The number of benzene rings is 1. The van der Waals surface area contributed by atoms with Gasteiger partial charge in [-0.2, -0.15) is 0 Å². The van der Waals surface area contributed by atoms with Gasteiger partial charge in [-0.25, -0.2) is 9.59 Å². The molecule has 214 valence electrons. The predicted molar refractivity (Wildman–Crippen MR) is 158 cm³/mol. The number of thiophene rings is 1. The van der Waals surface area contributed by atoms with Crippen LogP contribution in [-0.4, -0.2) is 78.5 Å². The molecule has 0 radical (unpaired) electrons. The molecule has 0 spiro atoms. The van der Waals surface area contributed by atoms with E-state index >= 15 is 0 Å². The average molecular weight is 565 g/mol. The molecule has 1 atom stereocenters. The number of carbonyl (C=O) groups excluding carboxylic acids is 3. The lowest BCUT2D eigenvalue weighted by Gasteiger charge is -2.38. The van der Waals surface area contributed by atoms with Gasteiger partial charge >= 0.3 is 12.0 Å². The monoisotopic (exact) mass is 564 g/mol. The minimum atomic E-state index is -0.638. The third-order valence-corrected chi connectivity index (χ3v) is 8.19. The molecule has 1 unspecified atom stereocenters. The summed E-state index contributed by atoms with van der Waals surface area (Å²) >= 11 is 1.45. The van der Waals surface area contributed by atoms with Crippen molar-refractivity contribution >= 4 is 29.2 Å². The van der Waals surface area contributed by atoms with E-state index in [1.165, 1.54) is 16.9 Å². The highest BCUT2D eigenvalue weighted by molar-refractivity contribution is 7.12. The van der Waals surface area contributed by atoms with Crippen LogP contribution in [-0.2, 0) is 14.9 Å². The molecule has 2 aromatic rings. The molecule has 1 N–H and O–H groups in total. The minimum absolute atomic E-state index is 0.0222. The van der Waals surface area contributed by atoms with Crippen molar-refractivity contribution < 1.29 is 19.1 Å². The SMILES string of the molecule is C=CCN1C(=O)NC(c2ccc(C(C)(C)C)cc2)C(C(=O)OCC)=C1CN1CCCN(C(=O)c2cccs2)CC1. The van der Waals surface area contributed by atoms with Crippen molar-refractivity contribution in [3.63, 3.8) is 0 Å². The molecule has 4 rings (SSSR count). The zero-order valence-corrected chi connectivity index (χ0v) is 24.8. The van der Waals surface area contributed by atoms with Crippen molar-refractivity contribution in [2.45, 2.75) is 45.6 Å². The first kappa shape index (κ1) is 29.6. The lowest BCUT2D eigenvalue weighted by Crippen LogP contribution is -2.51. The third kappa shape index (κ3) is 6.64. The van der Waals surface area contributed by atoms with Crippen molar-refractivity contribution in [2.24, 2.45) is 0 Å². The Hall–Kier alpha value is -3.43. The van der Waals surface area contributed by atoms with Crippen LogP contribution in [0.3, 0.4) is 0 Å². The predicted octanol–water partition coefficient (Wildman–Crippen LogP) is 4.96. The molecule has 0 bridgehead atoms. The van der Waals surface area contributed by atoms with E-state index in [1.807, 2.05) is 46.7 Å². The fourth-order valence-corrected chi connectivity index (χ4v) is 5.86. The fraction of sp³-hybridized carbons (Fsp3) is 0.452. The first-order chi connectivity index (χ1) is 19.1. The summed E-state index contributed by atoms with van der Waals surface area (Å²) in [5.41, 5.74) is 3.02. The molecule has 8 nitrogen and oxygen atoms in total. The largest absolute Gasteiger partial charge is 0.463 e. The van der Waals surface area contributed by atoms with Gasteiger partial charge in [0.25, 0.3) is 5.91 Å². The summed E-state index contributed by atoms with van der Waals surface area (Å²) in [7, 11) is 0. The lowest BCUT2D eigenvalue weighted by molar-refractivity contribution is -0.139. The second-order valence-corrected chi connectivity index (χ2v) is 12.1. The molecule has 1 fully saturated rings. The molecule has 2 aliphatic rings. The van der Waals surface area contributed by atoms with Gasteiger partial charge in [-0.05, 0) is 41.3 Å². The van der Waals surface area contributed by atoms with Gasteiger partial charge in [0.1, 0.15) is 0 Å². The van der Waals surface area contributed by atoms with E-state index < -0.39 is 12.0 Å². The van der Waals surface area contributed by atoms with Crippen LogP contribution < -0.4 is 5.32 Å². The normalized spacial score (nSPS) is 18.8. The number of nitrogens with zero attached hydrogens (tertiary/aromatic N) is 3. The van der Waals surface area contributed by atoms with Crippen molar-refractivity contribution in [3.8, 4) is 0 Å². The Balaban J connectivity index is 1.67. The third-order valence-electron chi connectivity index (χ3n) is 7.34. The standard InChI is InChI=1S/C31H40N4O4S/c1-6-15-35-24(21-33-16-9-17-34(19-18-33)28(36)25-10-8-20-40-25)26(29(37)39-7-2)27(32-30(35)38)22-11-13-23(14-12-22)31(3,4)5/h6,8,10-14,20,27H,1,7,9,15-19,21H2,2-5H3,(H,32,38). The second kappa shape index (κ2) is 12.8. The van der Waals surface area contributed by atoms with E-state index in [2.05, 4.69) is 37.6 Å². The topological polar surface area (TPSA) is 82.2 Å². The number of hydrogen-bond acceptors (Lipinski definition) is 6. The van der Waals surface area contributed by atoms with E-state index in [1.54, 1.807) is 17.9 Å². The molecule has 1 saturated heterocycles. The van der Waals surface area contributed by atoms with Gasteiger partial charge in [-0.1, -0.05) is 57.2 Å². The van der Waals surface area contributed by atoms with Crippen LogP contribution in [0.15, 0.2) is 65.7 Å². The van der Waals surface area contributed by atoms with Crippen LogP contribution in [0, 0.1) is 0 Å². The number of carbonyl (C=O) groups is 3. The minimum Gasteiger partial charge on any atom is -0.463 e. The van der Waals surface area contributed by atoms with E-state index in [0.29, 0.717) is 37.4 Å². The van der Waals surface area contributed by atoms with Crippen LogP contribution in [0.1, 0.15) is 61.0 Å². The van der Waals surface area contributed by atoms with Crippen LogP contribution >= 0.6 is 11.3 Å². The molecule has 0 saturated carbocycles. The first-order valence-corrected chi connectivity index (χ1v) is 14.8. The molecule has 1 aromatic heterocycles. The highest BCUT2D eigenvalue weighted by Gasteiger charge is 2.38. The zero-order valence-electron chi connectivity index (χ0n) is 23.9. The summed E-state index contributed by atoms with van der Waals surface area (Å²) < 4.78 is 5.54. The van der Waals surface area contributed by atoms with Gasteiger partial charge in [0.15, 0.2) is 0 Å². The van der Waals surface area contributed by atoms with Gasteiger partial charge in [-0.3, -0.25) is 14.6 Å². The van der Waals surface area contributed by atoms with Gasteiger partial charge in [-0.15, -0.1) is 17.9 Å². The Morgan fingerprint density at radius 1 is 1.12 bits per heavy atom. The van der Waals surface area contributed by atoms with Gasteiger partial charge in [0.05, 0.1) is 23.1 Å². The van der Waals surface area contributed by atoms with E-state index in [9.17, 15) is 14.4 Å². The number of hydrogen-bond donors (Lipinski definition) is 1. The van der Waals surface area contributed by atoms with Crippen LogP contribution in [0.5, 0.6) is 0 Å². The lowest BCUT2D eigenvalue weighted by atomic mass is 9.85. The molecular formula is C31H40N4O4S. The molecular weight excluding hydrogens is 524 g/mol. The maximum Gasteiger partial charge on any atom is 0.338 e. The van der Waals surface area contributed by atoms with Crippen LogP contribution in [0.2, 0.25) is 0 Å². The zero-order chi connectivity index (χ0) is 28.9. The summed E-state index contributed by atoms with van der Waals surface area (Å²) in [4.78, 5) is 46.3. The van der Waals surface area contributed by atoms with Gasteiger partial charge in [0, 0.05) is 45.0 Å². The summed E-state index contributed by atoms with van der Waals surface area (Å²) in [5, 5.41) is 4.96. The fourth-order valence-electron chi connectivity index (χ4n) is 5.17. The smallest absolute Gasteiger partial charge is 0.338 e. The maximum absolute atomic E-state index is 13.5. The average Bonchev–Trinajstić information content (AvgIpc) is 3.36.